The molecule has 0 saturated carbocycles. The lowest BCUT2D eigenvalue weighted by Crippen LogP contribution is -2.32. The smallest absolute Gasteiger partial charge is 0.344 e. The zero-order chi connectivity index (χ0) is 19.0. The van der Waals surface area contributed by atoms with E-state index in [0.29, 0.717) is 13.2 Å². The maximum Gasteiger partial charge on any atom is 0.475 e. The Morgan fingerprint density at radius 1 is 0.654 bits per heavy atom. The van der Waals surface area contributed by atoms with Gasteiger partial charge in [0.05, 0.1) is 18.8 Å². The first kappa shape index (κ1) is 28.3. The third-order valence-electron chi connectivity index (χ3n) is 4.48. The van der Waals surface area contributed by atoms with Gasteiger partial charge in [0.2, 0.25) is 0 Å². The van der Waals surface area contributed by atoms with Crippen LogP contribution in [0.2, 0.25) is 0 Å². The van der Waals surface area contributed by atoms with E-state index in [1.807, 2.05) is 0 Å². The van der Waals surface area contributed by atoms with Crippen LogP contribution in [-0.4, -0.2) is 18.8 Å². The second kappa shape index (κ2) is 17.2. The quantitative estimate of drug-likeness (QED) is 0.189. The van der Waals surface area contributed by atoms with Crippen LogP contribution in [0.1, 0.15) is 112 Å². The number of phosphoric acid groups is 1. The Balaban J connectivity index is 0. The number of hydrogen-bond acceptors (Lipinski definition) is 5. The van der Waals surface area contributed by atoms with Crippen molar-refractivity contribution in [3.05, 3.63) is 0 Å². The average molecular weight is 396 g/mol. The van der Waals surface area contributed by atoms with Gasteiger partial charge in [0.1, 0.15) is 0 Å². The summed E-state index contributed by atoms with van der Waals surface area (Å²) < 4.78 is 31.0. The van der Waals surface area contributed by atoms with Crippen molar-refractivity contribution in [2.75, 3.05) is 13.2 Å². The summed E-state index contributed by atoms with van der Waals surface area (Å²) in [5.41, 5.74) is -0.380. The molecular weight excluding hydrogens is 349 g/mol. The second-order valence-corrected chi connectivity index (χ2v) is 8.65. The molecule has 0 rings (SSSR count). The van der Waals surface area contributed by atoms with Crippen molar-refractivity contribution in [2.24, 2.45) is 0 Å². The number of hydrogen-bond donors (Lipinski definition) is 1. The Morgan fingerprint density at radius 2 is 1.08 bits per heavy atom. The van der Waals surface area contributed by atoms with E-state index in [-0.39, 0.29) is 11.8 Å². The molecular formula is C20H46NO4P. The normalized spacial score (nSPS) is 12.2. The summed E-state index contributed by atoms with van der Waals surface area (Å²) in [6.45, 7) is 11.6. The first-order valence-corrected chi connectivity index (χ1v) is 12.1. The standard InChI is InChI=1S/C20H43O4P.H3N/c1-6-11-16-20(15-10-5,17-12-7-2)24-25(21,22-18-13-8-3)23-19-14-9-4;/h6-19H2,1-5H3;1H3. The van der Waals surface area contributed by atoms with Crippen LogP contribution in [0.3, 0.4) is 0 Å². The van der Waals surface area contributed by atoms with Crippen molar-refractivity contribution >= 4 is 7.82 Å². The van der Waals surface area contributed by atoms with E-state index in [9.17, 15) is 4.57 Å². The Bertz CT molecular complexity index is 331. The Morgan fingerprint density at radius 3 is 1.42 bits per heavy atom. The molecule has 0 aromatic rings. The molecule has 0 aliphatic rings. The minimum atomic E-state index is -3.51. The van der Waals surface area contributed by atoms with E-state index in [2.05, 4.69) is 34.6 Å². The topological polar surface area (TPSA) is 79.8 Å². The van der Waals surface area contributed by atoms with Gasteiger partial charge in [-0.05, 0) is 32.1 Å². The summed E-state index contributed by atoms with van der Waals surface area (Å²) in [7, 11) is -3.51. The van der Waals surface area contributed by atoms with Crippen molar-refractivity contribution in [1.82, 2.24) is 6.15 Å². The van der Waals surface area contributed by atoms with Crippen molar-refractivity contribution in [3.63, 3.8) is 0 Å². The van der Waals surface area contributed by atoms with Gasteiger partial charge < -0.3 is 6.15 Å². The Kier molecular flexibility index (Phi) is 18.7. The van der Waals surface area contributed by atoms with Gasteiger partial charge in [0.15, 0.2) is 0 Å². The molecule has 0 bridgehead atoms. The predicted octanol–water partition coefficient (Wildman–Crippen LogP) is 7.83. The van der Waals surface area contributed by atoms with Crippen LogP contribution in [0.25, 0.3) is 0 Å². The van der Waals surface area contributed by atoms with Crippen LogP contribution in [-0.2, 0) is 18.1 Å². The molecule has 0 atom stereocenters. The second-order valence-electron chi connectivity index (χ2n) is 7.05. The molecule has 0 aliphatic heterocycles. The number of unbranched alkanes of at least 4 members (excludes halogenated alkanes) is 4. The molecule has 0 amide bonds. The molecule has 0 saturated heterocycles. The molecule has 0 spiro atoms. The first-order valence-electron chi connectivity index (χ1n) is 10.6. The van der Waals surface area contributed by atoms with Crippen LogP contribution in [0.4, 0.5) is 0 Å². The van der Waals surface area contributed by atoms with Crippen LogP contribution >= 0.6 is 7.82 Å². The van der Waals surface area contributed by atoms with Gasteiger partial charge in [-0.1, -0.05) is 79.6 Å². The Labute approximate surface area is 163 Å². The van der Waals surface area contributed by atoms with Gasteiger partial charge in [0, 0.05) is 0 Å². The highest BCUT2D eigenvalue weighted by Gasteiger charge is 2.40. The molecule has 0 heterocycles. The summed E-state index contributed by atoms with van der Waals surface area (Å²) in [6.07, 6.45) is 11.9. The van der Waals surface area contributed by atoms with Crippen molar-refractivity contribution in [3.8, 4) is 0 Å². The molecule has 3 N–H and O–H groups in total. The fourth-order valence-corrected chi connectivity index (χ4v) is 4.57. The van der Waals surface area contributed by atoms with Crippen molar-refractivity contribution in [1.29, 1.82) is 0 Å². The predicted molar refractivity (Wildman–Crippen MR) is 112 cm³/mol. The highest BCUT2D eigenvalue weighted by molar-refractivity contribution is 7.48. The van der Waals surface area contributed by atoms with Gasteiger partial charge in [0.25, 0.3) is 0 Å². The van der Waals surface area contributed by atoms with Crippen LogP contribution in [0.15, 0.2) is 0 Å². The fraction of sp³-hybridized carbons (Fsp3) is 1.00. The van der Waals surface area contributed by atoms with E-state index >= 15 is 0 Å². The van der Waals surface area contributed by atoms with E-state index in [1.165, 1.54) is 0 Å². The highest BCUT2D eigenvalue weighted by atomic mass is 31.2. The summed E-state index contributed by atoms with van der Waals surface area (Å²) in [4.78, 5) is 0. The minimum absolute atomic E-state index is 0. The maximum absolute atomic E-state index is 13.3. The molecule has 26 heavy (non-hydrogen) atoms. The van der Waals surface area contributed by atoms with E-state index in [0.717, 1.165) is 77.0 Å². The van der Waals surface area contributed by atoms with Crippen LogP contribution in [0.5, 0.6) is 0 Å². The zero-order valence-corrected chi connectivity index (χ0v) is 19.1. The SMILES string of the molecule is CCCCOP(=O)(OCCCC)OC(CCC)(CCCC)CCCC.N. The van der Waals surface area contributed by atoms with E-state index < -0.39 is 7.82 Å². The molecule has 6 heteroatoms. The van der Waals surface area contributed by atoms with Gasteiger partial charge in [-0.15, -0.1) is 0 Å². The third kappa shape index (κ3) is 12.5. The molecule has 0 unspecified atom stereocenters. The lowest BCUT2D eigenvalue weighted by molar-refractivity contribution is -0.0127. The lowest BCUT2D eigenvalue weighted by atomic mass is 9.87. The van der Waals surface area contributed by atoms with Crippen molar-refractivity contribution < 1.29 is 18.1 Å². The van der Waals surface area contributed by atoms with Gasteiger partial charge >= 0.3 is 7.82 Å². The van der Waals surface area contributed by atoms with Gasteiger partial charge in [-0.3, -0.25) is 13.6 Å². The third-order valence-corrected chi connectivity index (χ3v) is 6.09. The lowest BCUT2D eigenvalue weighted by Gasteiger charge is -2.36. The summed E-state index contributed by atoms with van der Waals surface area (Å²) in [5, 5.41) is 0. The molecule has 0 fully saturated rings. The van der Waals surface area contributed by atoms with E-state index in [1.54, 1.807) is 0 Å². The molecule has 0 aromatic heterocycles. The summed E-state index contributed by atoms with van der Waals surface area (Å²) in [5.74, 6) is 0. The number of phosphoric ester groups is 1. The monoisotopic (exact) mass is 395 g/mol. The molecule has 160 valence electrons. The zero-order valence-electron chi connectivity index (χ0n) is 18.2. The maximum atomic E-state index is 13.3. The average Bonchev–Trinajstić information content (AvgIpc) is 2.59. The van der Waals surface area contributed by atoms with Crippen LogP contribution in [0, 0.1) is 0 Å². The number of rotatable bonds is 18. The van der Waals surface area contributed by atoms with Gasteiger partial charge in [-0.25, -0.2) is 4.57 Å². The Hall–Kier alpha value is 0.0700. The molecule has 5 nitrogen and oxygen atoms in total. The highest BCUT2D eigenvalue weighted by Crippen LogP contribution is 2.55. The fourth-order valence-electron chi connectivity index (χ4n) is 2.93. The molecule has 0 aromatic carbocycles. The van der Waals surface area contributed by atoms with E-state index in [4.69, 9.17) is 13.6 Å². The van der Waals surface area contributed by atoms with Crippen molar-refractivity contribution in [2.45, 2.75) is 117 Å². The molecule has 0 radical (unpaired) electrons. The summed E-state index contributed by atoms with van der Waals surface area (Å²) in [6, 6.07) is 0. The minimum Gasteiger partial charge on any atom is -0.344 e. The van der Waals surface area contributed by atoms with Gasteiger partial charge in [-0.2, -0.15) is 0 Å². The largest absolute Gasteiger partial charge is 0.475 e. The first-order chi connectivity index (χ1) is 12.0. The summed E-state index contributed by atoms with van der Waals surface area (Å²) >= 11 is 0. The van der Waals surface area contributed by atoms with Crippen LogP contribution < -0.4 is 6.15 Å². The molecule has 0 aliphatic carbocycles.